The maximum Gasteiger partial charge on any atom is 0.151 e. The van der Waals surface area contributed by atoms with Crippen LogP contribution in [0.1, 0.15) is 40.5 Å². The third kappa shape index (κ3) is 6.66. The molecular weight excluding hydrogens is 280 g/mol. The molecule has 0 aromatic carbocycles. The molecule has 120 valence electrons. The van der Waals surface area contributed by atoms with Crippen molar-refractivity contribution in [3.05, 3.63) is 12.1 Å². The van der Waals surface area contributed by atoms with Crippen molar-refractivity contribution >= 4 is 17.6 Å². The molecule has 0 aliphatic rings. The second kappa shape index (κ2) is 10.9. The van der Waals surface area contributed by atoms with Crippen LogP contribution in [0.15, 0.2) is 17.2 Å². The first-order valence-corrected chi connectivity index (χ1v) is 9.17. The summed E-state index contributed by atoms with van der Waals surface area (Å²) < 4.78 is 0. The Morgan fingerprint density at radius 1 is 0.905 bits per heavy atom. The Morgan fingerprint density at radius 2 is 1.62 bits per heavy atom. The zero-order valence-electron chi connectivity index (χ0n) is 14.0. The van der Waals surface area contributed by atoms with Gasteiger partial charge in [0.2, 0.25) is 0 Å². The molecule has 0 unspecified atom stereocenters. The normalized spacial score (nSPS) is 11.1. The van der Waals surface area contributed by atoms with Crippen molar-refractivity contribution in [2.75, 3.05) is 43.4 Å². The second-order valence-electron chi connectivity index (χ2n) is 4.98. The number of aromatic nitrogens is 2. The highest BCUT2D eigenvalue weighted by Crippen LogP contribution is 2.18. The Hall–Kier alpha value is -0.810. The molecule has 1 aromatic heterocycles. The van der Waals surface area contributed by atoms with Crippen LogP contribution in [0.25, 0.3) is 0 Å². The van der Waals surface area contributed by atoms with Crippen LogP contribution in [-0.2, 0) is 0 Å². The van der Waals surface area contributed by atoms with Gasteiger partial charge in [-0.05, 0) is 64.2 Å². The summed E-state index contributed by atoms with van der Waals surface area (Å²) in [4.78, 5) is 4.69. The van der Waals surface area contributed by atoms with E-state index in [1.54, 1.807) is 0 Å². The molecule has 0 N–H and O–H groups in total. The summed E-state index contributed by atoms with van der Waals surface area (Å²) in [5, 5.41) is 9.68. The summed E-state index contributed by atoms with van der Waals surface area (Å²) in [6.45, 7) is 14.2. The maximum atomic E-state index is 4.32. The number of anilines is 1. The maximum absolute atomic E-state index is 4.32. The summed E-state index contributed by atoms with van der Waals surface area (Å²) in [6.07, 6.45) is 2.50. The number of thioether (sulfide) groups is 1. The molecule has 0 saturated heterocycles. The second-order valence-corrected chi connectivity index (χ2v) is 6.10. The van der Waals surface area contributed by atoms with Crippen LogP contribution in [0.3, 0.4) is 0 Å². The Morgan fingerprint density at radius 3 is 2.14 bits per heavy atom. The predicted octanol–water partition coefficient (Wildman–Crippen LogP) is 3.54. The third-order valence-electron chi connectivity index (χ3n) is 3.73. The lowest BCUT2D eigenvalue weighted by Gasteiger charge is -2.18. The van der Waals surface area contributed by atoms with Crippen LogP contribution < -0.4 is 4.90 Å². The minimum atomic E-state index is 0.975. The van der Waals surface area contributed by atoms with Gasteiger partial charge >= 0.3 is 0 Å². The molecule has 0 aliphatic carbocycles. The molecule has 5 heteroatoms. The van der Waals surface area contributed by atoms with E-state index in [0.717, 1.165) is 42.8 Å². The zero-order valence-corrected chi connectivity index (χ0v) is 14.8. The van der Waals surface area contributed by atoms with E-state index in [2.05, 4.69) is 59.8 Å². The molecule has 1 aromatic rings. The monoisotopic (exact) mass is 310 g/mol. The molecule has 0 saturated carbocycles. The van der Waals surface area contributed by atoms with E-state index in [1.807, 2.05) is 11.8 Å². The molecule has 4 nitrogen and oxygen atoms in total. The summed E-state index contributed by atoms with van der Waals surface area (Å²) in [5.74, 6) is 2.10. The quantitative estimate of drug-likeness (QED) is 0.461. The van der Waals surface area contributed by atoms with E-state index >= 15 is 0 Å². The Kier molecular flexibility index (Phi) is 9.42. The van der Waals surface area contributed by atoms with Crippen LogP contribution in [0.4, 0.5) is 5.82 Å². The first-order valence-electron chi connectivity index (χ1n) is 8.18. The molecule has 0 atom stereocenters. The van der Waals surface area contributed by atoms with Gasteiger partial charge in [-0.3, -0.25) is 0 Å². The Balaban J connectivity index is 2.27. The van der Waals surface area contributed by atoms with Gasteiger partial charge < -0.3 is 9.80 Å². The van der Waals surface area contributed by atoms with Crippen LogP contribution in [-0.4, -0.2) is 53.6 Å². The average Bonchev–Trinajstić information content (AvgIpc) is 2.53. The molecule has 0 spiro atoms. The fourth-order valence-corrected chi connectivity index (χ4v) is 3.08. The first kappa shape index (κ1) is 18.2. The lowest BCUT2D eigenvalue weighted by molar-refractivity contribution is 0.299. The van der Waals surface area contributed by atoms with Crippen molar-refractivity contribution in [1.82, 2.24) is 15.1 Å². The van der Waals surface area contributed by atoms with E-state index in [9.17, 15) is 0 Å². The van der Waals surface area contributed by atoms with E-state index < -0.39 is 0 Å². The molecule has 1 rings (SSSR count). The van der Waals surface area contributed by atoms with Crippen LogP contribution in [0.5, 0.6) is 0 Å². The molecular formula is C16H30N4S. The van der Waals surface area contributed by atoms with Crippen molar-refractivity contribution in [3.8, 4) is 0 Å². The first-order chi connectivity index (χ1) is 10.2. The largest absolute Gasteiger partial charge is 0.356 e. The molecule has 21 heavy (non-hydrogen) atoms. The fraction of sp³-hybridized carbons (Fsp3) is 0.750. The van der Waals surface area contributed by atoms with Gasteiger partial charge in [0.1, 0.15) is 5.03 Å². The van der Waals surface area contributed by atoms with Crippen molar-refractivity contribution in [2.45, 2.75) is 45.6 Å². The van der Waals surface area contributed by atoms with Crippen LogP contribution in [0, 0.1) is 0 Å². The summed E-state index contributed by atoms with van der Waals surface area (Å²) in [6, 6.07) is 4.17. The highest BCUT2D eigenvalue weighted by molar-refractivity contribution is 7.99. The highest BCUT2D eigenvalue weighted by atomic mass is 32.2. The van der Waals surface area contributed by atoms with Gasteiger partial charge in [0, 0.05) is 13.1 Å². The van der Waals surface area contributed by atoms with Gasteiger partial charge in [-0.25, -0.2) is 0 Å². The molecule has 0 radical (unpaired) electrons. The fourth-order valence-electron chi connectivity index (χ4n) is 2.26. The van der Waals surface area contributed by atoms with Gasteiger partial charge in [-0.1, -0.05) is 13.8 Å². The number of hydrogen-bond acceptors (Lipinski definition) is 5. The van der Waals surface area contributed by atoms with Crippen molar-refractivity contribution < 1.29 is 0 Å². The SMILES string of the molecule is CCN(CC)CCCCSc1ccc(N(CC)CC)nn1. The molecule has 0 aliphatic heterocycles. The summed E-state index contributed by atoms with van der Waals surface area (Å²) >= 11 is 1.81. The van der Waals surface area contributed by atoms with Gasteiger partial charge in [0.15, 0.2) is 5.82 Å². The standard InChI is InChI=1S/C16H30N4S/c1-5-19(6-2)13-9-10-14-21-16-12-11-15(17-18-16)20(7-3)8-4/h11-12H,5-10,13-14H2,1-4H3. The highest BCUT2D eigenvalue weighted by Gasteiger charge is 2.04. The molecule has 0 fully saturated rings. The smallest absolute Gasteiger partial charge is 0.151 e. The van der Waals surface area contributed by atoms with E-state index in [-0.39, 0.29) is 0 Å². The van der Waals surface area contributed by atoms with Gasteiger partial charge in [-0.15, -0.1) is 22.0 Å². The van der Waals surface area contributed by atoms with Gasteiger partial charge in [0.25, 0.3) is 0 Å². The lowest BCUT2D eigenvalue weighted by atomic mass is 10.3. The molecule has 1 heterocycles. The Labute approximate surface area is 134 Å². The van der Waals surface area contributed by atoms with Crippen molar-refractivity contribution in [3.63, 3.8) is 0 Å². The van der Waals surface area contributed by atoms with Crippen molar-refractivity contribution in [2.24, 2.45) is 0 Å². The van der Waals surface area contributed by atoms with Gasteiger partial charge in [0.05, 0.1) is 0 Å². The van der Waals surface area contributed by atoms with Crippen molar-refractivity contribution in [1.29, 1.82) is 0 Å². The minimum absolute atomic E-state index is 0.975. The average molecular weight is 311 g/mol. The minimum Gasteiger partial charge on any atom is -0.356 e. The summed E-state index contributed by atoms with van der Waals surface area (Å²) in [7, 11) is 0. The van der Waals surface area contributed by atoms with E-state index in [1.165, 1.54) is 19.4 Å². The lowest BCUT2D eigenvalue weighted by Crippen LogP contribution is -2.24. The zero-order chi connectivity index (χ0) is 15.5. The van der Waals surface area contributed by atoms with E-state index in [4.69, 9.17) is 0 Å². The number of hydrogen-bond donors (Lipinski definition) is 0. The molecule has 0 bridgehead atoms. The van der Waals surface area contributed by atoms with Crippen LogP contribution >= 0.6 is 11.8 Å². The van der Waals surface area contributed by atoms with Crippen LogP contribution in [0.2, 0.25) is 0 Å². The number of unbranched alkanes of at least 4 members (excludes halogenated alkanes) is 1. The Bertz CT molecular complexity index is 361. The van der Waals surface area contributed by atoms with Gasteiger partial charge in [-0.2, -0.15) is 0 Å². The molecule has 0 amide bonds. The predicted molar refractivity (Wildman–Crippen MR) is 93.3 cm³/mol. The third-order valence-corrected chi connectivity index (χ3v) is 4.73. The number of nitrogens with zero attached hydrogens (tertiary/aromatic N) is 4. The number of rotatable bonds is 11. The van der Waals surface area contributed by atoms with E-state index in [0.29, 0.717) is 0 Å². The topological polar surface area (TPSA) is 32.3 Å². The summed E-state index contributed by atoms with van der Waals surface area (Å²) in [5.41, 5.74) is 0.